The Morgan fingerprint density at radius 2 is 1.68 bits per heavy atom. The minimum atomic E-state index is -0.241. The van der Waals surface area contributed by atoms with E-state index < -0.39 is 0 Å². The molecule has 0 spiro atoms. The minimum absolute atomic E-state index is 0.241. The van der Waals surface area contributed by atoms with Crippen LogP contribution in [0, 0.1) is 5.82 Å². The van der Waals surface area contributed by atoms with Gasteiger partial charge in [0.1, 0.15) is 11.6 Å². The van der Waals surface area contributed by atoms with Crippen molar-refractivity contribution in [3.63, 3.8) is 0 Å². The van der Waals surface area contributed by atoms with Crippen molar-refractivity contribution < 1.29 is 4.39 Å². The molecule has 0 unspecified atom stereocenters. The van der Waals surface area contributed by atoms with Crippen LogP contribution in [0.15, 0.2) is 60.7 Å². The molecule has 1 heterocycles. The first kappa shape index (κ1) is 16.9. The van der Waals surface area contributed by atoms with Crippen molar-refractivity contribution in [1.29, 1.82) is 0 Å². The lowest BCUT2D eigenvalue weighted by Crippen LogP contribution is -2.13. The highest BCUT2D eigenvalue weighted by molar-refractivity contribution is 5.64. The quantitative estimate of drug-likeness (QED) is 0.684. The number of benzene rings is 2. The zero-order chi connectivity index (χ0) is 17.6. The summed E-state index contributed by atoms with van der Waals surface area (Å²) in [5, 5.41) is 6.54. The lowest BCUT2D eigenvalue weighted by molar-refractivity contribution is 0.627. The highest BCUT2D eigenvalue weighted by Crippen LogP contribution is 2.22. The van der Waals surface area contributed by atoms with Gasteiger partial charge in [-0.2, -0.15) is 4.98 Å². The van der Waals surface area contributed by atoms with E-state index in [0.29, 0.717) is 12.5 Å². The van der Waals surface area contributed by atoms with Gasteiger partial charge < -0.3 is 10.6 Å². The van der Waals surface area contributed by atoms with E-state index in [4.69, 9.17) is 0 Å². The van der Waals surface area contributed by atoms with Crippen LogP contribution in [0.25, 0.3) is 11.3 Å². The predicted molar refractivity (Wildman–Crippen MR) is 100.0 cm³/mol. The number of hydrogen-bond acceptors (Lipinski definition) is 4. The number of nitrogens with zero attached hydrogens (tertiary/aromatic N) is 2. The maximum Gasteiger partial charge on any atom is 0.225 e. The summed E-state index contributed by atoms with van der Waals surface area (Å²) in [5.41, 5.74) is 2.84. The molecule has 4 nitrogen and oxygen atoms in total. The van der Waals surface area contributed by atoms with Crippen molar-refractivity contribution in [3.05, 3.63) is 72.0 Å². The third-order valence-electron chi connectivity index (χ3n) is 3.60. The van der Waals surface area contributed by atoms with Crippen LogP contribution >= 0.6 is 0 Å². The summed E-state index contributed by atoms with van der Waals surface area (Å²) in [5.74, 6) is 1.06. The maximum absolute atomic E-state index is 13.0. The fraction of sp³-hybridized carbons (Fsp3) is 0.200. The van der Waals surface area contributed by atoms with Crippen LogP contribution in [0.1, 0.15) is 19.4 Å². The highest BCUT2D eigenvalue weighted by atomic mass is 19.1. The van der Waals surface area contributed by atoms with Gasteiger partial charge in [-0.25, -0.2) is 9.37 Å². The van der Waals surface area contributed by atoms with Gasteiger partial charge in [-0.15, -0.1) is 0 Å². The Hall–Kier alpha value is -2.95. The molecule has 25 heavy (non-hydrogen) atoms. The van der Waals surface area contributed by atoms with E-state index in [1.807, 2.05) is 36.4 Å². The van der Waals surface area contributed by atoms with Gasteiger partial charge in [0.25, 0.3) is 0 Å². The van der Waals surface area contributed by atoms with E-state index in [0.717, 1.165) is 22.6 Å². The summed E-state index contributed by atoms with van der Waals surface area (Å²) < 4.78 is 13.0. The van der Waals surface area contributed by atoms with E-state index in [-0.39, 0.29) is 11.9 Å². The Bertz CT molecular complexity index is 817. The average Bonchev–Trinajstić information content (AvgIpc) is 2.61. The Labute approximate surface area is 147 Å². The molecule has 0 saturated carbocycles. The summed E-state index contributed by atoms with van der Waals surface area (Å²) in [6.45, 7) is 4.66. The molecule has 0 radical (unpaired) electrons. The van der Waals surface area contributed by atoms with E-state index in [1.54, 1.807) is 12.1 Å². The SMILES string of the molecule is CC(C)Nc1cc(-c2ccccc2)nc(NCc2ccc(F)cc2)n1. The molecule has 0 aliphatic rings. The Morgan fingerprint density at radius 1 is 0.960 bits per heavy atom. The number of nitrogens with one attached hydrogen (secondary N) is 2. The predicted octanol–water partition coefficient (Wildman–Crippen LogP) is 4.72. The minimum Gasteiger partial charge on any atom is -0.368 e. The molecule has 0 fully saturated rings. The molecule has 128 valence electrons. The third-order valence-corrected chi connectivity index (χ3v) is 3.60. The fourth-order valence-electron chi connectivity index (χ4n) is 2.44. The topological polar surface area (TPSA) is 49.8 Å². The molecule has 0 aliphatic carbocycles. The summed E-state index contributed by atoms with van der Waals surface area (Å²) >= 11 is 0. The van der Waals surface area contributed by atoms with Crippen molar-refractivity contribution in [3.8, 4) is 11.3 Å². The molecule has 3 rings (SSSR count). The summed E-state index contributed by atoms with van der Waals surface area (Å²) in [6.07, 6.45) is 0. The zero-order valence-electron chi connectivity index (χ0n) is 14.3. The van der Waals surface area contributed by atoms with E-state index in [1.165, 1.54) is 12.1 Å². The van der Waals surface area contributed by atoms with Crippen LogP contribution in [-0.2, 0) is 6.54 Å². The third kappa shape index (κ3) is 4.76. The van der Waals surface area contributed by atoms with Gasteiger partial charge in [0.2, 0.25) is 5.95 Å². The second-order valence-corrected chi connectivity index (χ2v) is 6.11. The lowest BCUT2D eigenvalue weighted by Gasteiger charge is -2.13. The molecule has 0 amide bonds. The lowest BCUT2D eigenvalue weighted by atomic mass is 10.1. The fourth-order valence-corrected chi connectivity index (χ4v) is 2.44. The first-order valence-electron chi connectivity index (χ1n) is 8.29. The number of hydrogen-bond donors (Lipinski definition) is 2. The molecule has 0 bridgehead atoms. The normalized spacial score (nSPS) is 10.7. The van der Waals surface area contributed by atoms with Crippen LogP contribution < -0.4 is 10.6 Å². The van der Waals surface area contributed by atoms with Crippen molar-refractivity contribution in [2.45, 2.75) is 26.4 Å². The number of aromatic nitrogens is 2. The smallest absolute Gasteiger partial charge is 0.225 e. The average molecular weight is 336 g/mol. The molecule has 2 N–H and O–H groups in total. The first-order valence-corrected chi connectivity index (χ1v) is 8.29. The van der Waals surface area contributed by atoms with Gasteiger partial charge in [0, 0.05) is 24.2 Å². The molecular formula is C20H21FN4. The molecule has 0 aliphatic heterocycles. The Morgan fingerprint density at radius 3 is 2.36 bits per heavy atom. The number of halogens is 1. The molecule has 3 aromatic rings. The monoisotopic (exact) mass is 336 g/mol. The van der Waals surface area contributed by atoms with Crippen molar-refractivity contribution in [2.75, 3.05) is 10.6 Å². The summed E-state index contributed by atoms with van der Waals surface area (Å²) in [7, 11) is 0. The second-order valence-electron chi connectivity index (χ2n) is 6.11. The van der Waals surface area contributed by atoms with Gasteiger partial charge in [-0.3, -0.25) is 0 Å². The van der Waals surface area contributed by atoms with Crippen LogP contribution in [0.4, 0.5) is 16.2 Å². The first-order chi connectivity index (χ1) is 12.1. The van der Waals surface area contributed by atoms with Gasteiger partial charge in [-0.05, 0) is 31.5 Å². The van der Waals surface area contributed by atoms with Crippen molar-refractivity contribution >= 4 is 11.8 Å². The van der Waals surface area contributed by atoms with Crippen LogP contribution in [0.3, 0.4) is 0 Å². The number of anilines is 2. The standard InChI is InChI=1S/C20H21FN4/c1-14(2)23-19-12-18(16-6-4-3-5-7-16)24-20(25-19)22-13-15-8-10-17(21)11-9-15/h3-12,14H,13H2,1-2H3,(H2,22,23,24,25). The van der Waals surface area contributed by atoms with E-state index in [9.17, 15) is 4.39 Å². The van der Waals surface area contributed by atoms with Crippen molar-refractivity contribution in [1.82, 2.24) is 9.97 Å². The van der Waals surface area contributed by atoms with Gasteiger partial charge >= 0.3 is 0 Å². The maximum atomic E-state index is 13.0. The molecule has 2 aromatic carbocycles. The van der Waals surface area contributed by atoms with Gasteiger partial charge in [0.05, 0.1) is 5.69 Å². The molecule has 0 atom stereocenters. The van der Waals surface area contributed by atoms with E-state index >= 15 is 0 Å². The highest BCUT2D eigenvalue weighted by Gasteiger charge is 2.08. The Kier molecular flexibility index (Phi) is 5.23. The molecule has 0 saturated heterocycles. The molecule has 1 aromatic heterocycles. The summed E-state index contributed by atoms with van der Waals surface area (Å²) in [4.78, 5) is 9.13. The molecule has 5 heteroatoms. The van der Waals surface area contributed by atoms with Gasteiger partial charge in [-0.1, -0.05) is 42.5 Å². The largest absolute Gasteiger partial charge is 0.368 e. The van der Waals surface area contributed by atoms with Gasteiger partial charge in [0.15, 0.2) is 0 Å². The molecular weight excluding hydrogens is 315 g/mol. The Balaban J connectivity index is 1.85. The van der Waals surface area contributed by atoms with E-state index in [2.05, 4.69) is 34.4 Å². The number of rotatable bonds is 6. The van der Waals surface area contributed by atoms with Crippen LogP contribution in [0.2, 0.25) is 0 Å². The van der Waals surface area contributed by atoms with Crippen LogP contribution in [-0.4, -0.2) is 16.0 Å². The summed E-state index contributed by atoms with van der Waals surface area (Å²) in [6, 6.07) is 18.6. The second kappa shape index (κ2) is 7.75. The van der Waals surface area contributed by atoms with Crippen LogP contribution in [0.5, 0.6) is 0 Å². The van der Waals surface area contributed by atoms with Crippen molar-refractivity contribution in [2.24, 2.45) is 0 Å². The zero-order valence-corrected chi connectivity index (χ0v) is 14.3.